The lowest BCUT2D eigenvalue weighted by Crippen LogP contribution is -2.52. The summed E-state index contributed by atoms with van der Waals surface area (Å²) in [4.78, 5) is 26.5. The molecule has 0 unspecified atom stereocenters. The van der Waals surface area contributed by atoms with Gasteiger partial charge in [-0.2, -0.15) is 0 Å². The Bertz CT molecular complexity index is 987. The molecule has 194 valence electrons. The Morgan fingerprint density at radius 2 is 1.74 bits per heavy atom. The molecule has 0 radical (unpaired) electrons. The number of esters is 1. The normalized spacial score (nSPS) is 19.3. The van der Waals surface area contributed by atoms with E-state index in [9.17, 15) is 18.0 Å². The van der Waals surface area contributed by atoms with Crippen molar-refractivity contribution < 1.29 is 27.2 Å². The van der Waals surface area contributed by atoms with E-state index in [-0.39, 0.29) is 42.1 Å². The summed E-state index contributed by atoms with van der Waals surface area (Å²) in [5.41, 5.74) is -0.456. The summed E-state index contributed by atoms with van der Waals surface area (Å²) in [5, 5.41) is 8.04. The van der Waals surface area contributed by atoms with Gasteiger partial charge in [0.25, 0.3) is 0 Å². The summed E-state index contributed by atoms with van der Waals surface area (Å²) in [6.07, 6.45) is 1.36. The van der Waals surface area contributed by atoms with Gasteiger partial charge >= 0.3 is 5.97 Å². The van der Waals surface area contributed by atoms with Crippen LogP contribution in [0.2, 0.25) is 18.1 Å². The third-order valence-corrected chi connectivity index (χ3v) is 14.9. The van der Waals surface area contributed by atoms with E-state index in [1.54, 1.807) is 18.7 Å². The lowest BCUT2D eigenvalue weighted by Gasteiger charge is -2.43. The fourth-order valence-corrected chi connectivity index (χ4v) is 8.45. The second-order valence-corrected chi connectivity index (χ2v) is 18.8. The second kappa shape index (κ2) is 9.50. The molecule has 1 fully saturated rings. The fraction of sp³-hybridized carbons (Fsp3) is 0.792. The molecule has 0 saturated heterocycles. The SMILES string of the molecule is CCOC(=O)C(=N)C1=C(C)C(=O)N(CC2(S(=O)(=O)CC(C)(C)O[Si](C)(C)C(C)(C)C)CC2)CC1. The van der Waals surface area contributed by atoms with Crippen LogP contribution in [-0.4, -0.2) is 75.0 Å². The molecule has 1 N–H and O–H groups in total. The van der Waals surface area contributed by atoms with Crippen molar-refractivity contribution in [3.63, 3.8) is 0 Å². The topological polar surface area (TPSA) is 114 Å². The van der Waals surface area contributed by atoms with Crippen LogP contribution >= 0.6 is 0 Å². The zero-order valence-electron chi connectivity index (χ0n) is 22.3. The standard InChI is InChI=1S/C24H42N2O6SSi/c1-10-31-21(28)19(25)18-11-14-26(20(27)17(18)2)15-24(12-13-24)33(29,30)16-23(6,7)32-34(8,9)22(3,4)5/h25H,10-16H2,1-9H3. The minimum absolute atomic E-state index is 0.0373. The highest BCUT2D eigenvalue weighted by Crippen LogP contribution is 2.47. The molecule has 1 amide bonds. The molecule has 1 aliphatic heterocycles. The van der Waals surface area contributed by atoms with E-state index in [0.717, 1.165) is 0 Å². The van der Waals surface area contributed by atoms with Crippen molar-refractivity contribution in [2.45, 2.75) is 96.2 Å². The van der Waals surface area contributed by atoms with Crippen molar-refractivity contribution in [1.29, 1.82) is 5.41 Å². The van der Waals surface area contributed by atoms with Crippen LogP contribution in [0.15, 0.2) is 11.1 Å². The highest BCUT2D eigenvalue weighted by molar-refractivity contribution is 7.93. The van der Waals surface area contributed by atoms with Crippen LogP contribution in [0, 0.1) is 5.41 Å². The fourth-order valence-electron chi connectivity index (χ4n) is 4.23. The van der Waals surface area contributed by atoms with Gasteiger partial charge in [-0.25, -0.2) is 13.2 Å². The number of amides is 1. The third kappa shape index (κ3) is 5.99. The summed E-state index contributed by atoms with van der Waals surface area (Å²) in [5.74, 6) is -1.17. The van der Waals surface area contributed by atoms with Crippen LogP contribution in [0.5, 0.6) is 0 Å². The number of ether oxygens (including phenoxy) is 1. The Balaban J connectivity index is 2.17. The van der Waals surface area contributed by atoms with Crippen molar-refractivity contribution in [1.82, 2.24) is 4.90 Å². The molecule has 2 rings (SSSR count). The number of sulfone groups is 1. The van der Waals surface area contributed by atoms with Crippen LogP contribution in [0.25, 0.3) is 0 Å². The van der Waals surface area contributed by atoms with Crippen LogP contribution in [-0.2, 0) is 28.6 Å². The summed E-state index contributed by atoms with van der Waals surface area (Å²) in [6.45, 7) is 18.1. The Kier molecular flexibility index (Phi) is 8.02. The van der Waals surface area contributed by atoms with Gasteiger partial charge < -0.3 is 14.1 Å². The van der Waals surface area contributed by atoms with Gasteiger partial charge in [-0.3, -0.25) is 10.2 Å². The van der Waals surface area contributed by atoms with E-state index < -0.39 is 34.5 Å². The van der Waals surface area contributed by atoms with Crippen molar-refractivity contribution in [2.75, 3.05) is 25.4 Å². The van der Waals surface area contributed by atoms with Crippen molar-refractivity contribution in [3.8, 4) is 0 Å². The van der Waals surface area contributed by atoms with Crippen LogP contribution in [0.3, 0.4) is 0 Å². The van der Waals surface area contributed by atoms with Gasteiger partial charge in [0.05, 0.1) is 22.7 Å². The van der Waals surface area contributed by atoms with Gasteiger partial charge in [0.1, 0.15) is 5.71 Å². The minimum Gasteiger partial charge on any atom is -0.461 e. The van der Waals surface area contributed by atoms with Crippen molar-refractivity contribution in [3.05, 3.63) is 11.1 Å². The van der Waals surface area contributed by atoms with E-state index in [1.165, 1.54) is 0 Å². The largest absolute Gasteiger partial charge is 0.461 e. The Hall–Kier alpha value is -1.52. The lowest BCUT2D eigenvalue weighted by molar-refractivity contribution is -0.135. The van der Waals surface area contributed by atoms with E-state index in [1.807, 2.05) is 13.8 Å². The number of hydrogen-bond acceptors (Lipinski definition) is 7. The summed E-state index contributed by atoms with van der Waals surface area (Å²) >= 11 is 0. The molecule has 0 bridgehead atoms. The zero-order valence-corrected chi connectivity index (χ0v) is 24.1. The quantitative estimate of drug-likeness (QED) is 0.269. The molecule has 0 aromatic heterocycles. The van der Waals surface area contributed by atoms with Gasteiger partial charge in [0.15, 0.2) is 18.2 Å². The van der Waals surface area contributed by atoms with E-state index in [2.05, 4.69) is 33.9 Å². The summed E-state index contributed by atoms with van der Waals surface area (Å²) < 4.78 is 37.5. The molecule has 0 aromatic carbocycles. The monoisotopic (exact) mass is 514 g/mol. The Labute approximate surface area is 206 Å². The first-order valence-corrected chi connectivity index (χ1v) is 16.5. The van der Waals surface area contributed by atoms with Crippen molar-refractivity contribution >= 4 is 35.7 Å². The average Bonchev–Trinajstić information content (AvgIpc) is 3.44. The first-order valence-electron chi connectivity index (χ1n) is 12.0. The molecule has 0 aromatic rings. The predicted octanol–water partition coefficient (Wildman–Crippen LogP) is 3.87. The molecule has 2 aliphatic rings. The number of carbonyl (C=O) groups is 2. The van der Waals surface area contributed by atoms with Gasteiger partial charge in [-0.1, -0.05) is 20.8 Å². The maximum absolute atomic E-state index is 13.6. The first kappa shape index (κ1) is 28.7. The van der Waals surface area contributed by atoms with Gasteiger partial charge in [0.2, 0.25) is 5.91 Å². The van der Waals surface area contributed by atoms with Gasteiger partial charge in [0, 0.05) is 18.7 Å². The van der Waals surface area contributed by atoms with Crippen LogP contribution in [0.4, 0.5) is 0 Å². The summed E-state index contributed by atoms with van der Waals surface area (Å²) in [6, 6.07) is 0. The number of nitrogens with zero attached hydrogens (tertiary/aromatic N) is 1. The molecule has 1 aliphatic carbocycles. The highest BCUT2D eigenvalue weighted by Gasteiger charge is 2.57. The molecule has 1 saturated carbocycles. The second-order valence-electron chi connectivity index (χ2n) is 11.7. The number of hydrogen-bond donors (Lipinski definition) is 1. The van der Waals surface area contributed by atoms with E-state index in [4.69, 9.17) is 14.6 Å². The van der Waals surface area contributed by atoms with Crippen LogP contribution in [0.1, 0.15) is 67.7 Å². The third-order valence-electron chi connectivity index (χ3n) is 7.30. The summed E-state index contributed by atoms with van der Waals surface area (Å²) in [7, 11) is -5.71. The lowest BCUT2D eigenvalue weighted by atomic mass is 9.96. The van der Waals surface area contributed by atoms with Gasteiger partial charge in [-0.05, 0) is 70.7 Å². The smallest absolute Gasteiger partial charge is 0.356 e. The molecule has 1 heterocycles. The van der Waals surface area contributed by atoms with E-state index in [0.29, 0.717) is 30.4 Å². The maximum atomic E-state index is 13.6. The Morgan fingerprint density at radius 3 is 2.21 bits per heavy atom. The molecule has 10 heteroatoms. The predicted molar refractivity (Wildman–Crippen MR) is 136 cm³/mol. The zero-order chi connectivity index (χ0) is 26.3. The number of nitrogens with one attached hydrogen (secondary N) is 1. The van der Waals surface area contributed by atoms with E-state index >= 15 is 0 Å². The molecule has 34 heavy (non-hydrogen) atoms. The maximum Gasteiger partial charge on any atom is 0.356 e. The van der Waals surface area contributed by atoms with Crippen LogP contribution < -0.4 is 0 Å². The van der Waals surface area contributed by atoms with Gasteiger partial charge in [-0.15, -0.1) is 0 Å². The molecular formula is C24H42N2O6SSi. The first-order chi connectivity index (χ1) is 15.3. The highest BCUT2D eigenvalue weighted by atomic mass is 32.2. The average molecular weight is 515 g/mol. The molecule has 0 spiro atoms. The molecule has 8 nitrogen and oxygen atoms in total. The minimum atomic E-state index is -3.54. The Morgan fingerprint density at radius 1 is 1.18 bits per heavy atom. The molecular weight excluding hydrogens is 472 g/mol. The number of rotatable bonds is 10. The van der Waals surface area contributed by atoms with Crippen molar-refractivity contribution in [2.24, 2.45) is 0 Å². The number of carbonyl (C=O) groups excluding carboxylic acids is 2. The molecule has 0 atom stereocenters.